The highest BCUT2D eigenvalue weighted by Crippen LogP contribution is 2.49. The zero-order valence-corrected chi connectivity index (χ0v) is 17.7. The molecule has 1 aliphatic heterocycles. The van der Waals surface area contributed by atoms with Crippen molar-refractivity contribution in [2.45, 2.75) is 37.1 Å². The van der Waals surface area contributed by atoms with Crippen LogP contribution in [0, 0.1) is 0 Å². The summed E-state index contributed by atoms with van der Waals surface area (Å²) >= 11 is 0. The third kappa shape index (κ3) is 3.82. The Kier molecular flexibility index (Phi) is 5.09. The number of primary amides is 1. The van der Waals surface area contributed by atoms with Gasteiger partial charge in [0.2, 0.25) is 11.8 Å². The van der Waals surface area contributed by atoms with Gasteiger partial charge < -0.3 is 20.4 Å². The second-order valence-electron chi connectivity index (χ2n) is 8.83. The number of hydrogen-bond donors (Lipinski definition) is 3. The molecule has 2 heterocycles. The predicted molar refractivity (Wildman–Crippen MR) is 119 cm³/mol. The maximum atomic E-state index is 13.5. The molecule has 1 aromatic heterocycles. The summed E-state index contributed by atoms with van der Waals surface area (Å²) in [6.07, 6.45) is 3.78. The van der Waals surface area contributed by atoms with Gasteiger partial charge in [-0.25, -0.2) is 4.79 Å². The topological polar surface area (TPSA) is 121 Å². The van der Waals surface area contributed by atoms with Gasteiger partial charge in [0.15, 0.2) is 5.58 Å². The highest BCUT2D eigenvalue weighted by atomic mass is 16.4. The normalized spacial score (nSPS) is 18.5. The number of carbonyl (C=O) groups is 2. The van der Waals surface area contributed by atoms with Crippen molar-refractivity contribution in [2.24, 2.45) is 5.73 Å². The van der Waals surface area contributed by atoms with Gasteiger partial charge in [0.05, 0.1) is 17.0 Å². The average Bonchev–Trinajstić information content (AvgIpc) is 3.27. The number of likely N-dealkylation sites (tertiary alicyclic amines) is 1. The Labute approximate surface area is 184 Å². The average molecular weight is 434 g/mol. The Hall–Kier alpha value is -3.39. The maximum absolute atomic E-state index is 13.5. The van der Waals surface area contributed by atoms with Crippen LogP contribution in [0.1, 0.15) is 53.2 Å². The van der Waals surface area contributed by atoms with E-state index in [9.17, 15) is 14.4 Å². The SMILES string of the molecule is NC(=O)c1cccc([C@@H](CN2CCCC2)NC(=O)C2(c3ccc4oc(=O)[nH]c4c3)CC2)c1. The monoisotopic (exact) mass is 434 g/mol. The van der Waals surface area contributed by atoms with E-state index in [-0.39, 0.29) is 11.9 Å². The van der Waals surface area contributed by atoms with Crippen LogP contribution in [-0.2, 0) is 10.2 Å². The van der Waals surface area contributed by atoms with Gasteiger partial charge in [-0.05, 0) is 74.2 Å². The van der Waals surface area contributed by atoms with E-state index in [1.807, 2.05) is 18.2 Å². The van der Waals surface area contributed by atoms with Crippen LogP contribution in [0.2, 0.25) is 0 Å². The van der Waals surface area contributed by atoms with Crippen molar-refractivity contribution < 1.29 is 14.0 Å². The zero-order valence-electron chi connectivity index (χ0n) is 17.7. The lowest BCUT2D eigenvalue weighted by Crippen LogP contribution is -2.42. The molecule has 0 bridgehead atoms. The number of nitrogens with two attached hydrogens (primary N) is 1. The lowest BCUT2D eigenvalue weighted by Gasteiger charge is -2.27. The minimum absolute atomic E-state index is 0.0450. The third-order valence-corrected chi connectivity index (χ3v) is 6.67. The second kappa shape index (κ2) is 7.94. The summed E-state index contributed by atoms with van der Waals surface area (Å²) in [5, 5.41) is 3.25. The molecule has 4 N–H and O–H groups in total. The molecule has 1 atom stereocenters. The third-order valence-electron chi connectivity index (χ3n) is 6.67. The van der Waals surface area contributed by atoms with Crippen molar-refractivity contribution in [1.29, 1.82) is 0 Å². The van der Waals surface area contributed by atoms with Crippen LogP contribution in [0.3, 0.4) is 0 Å². The number of H-pyrrole nitrogens is 1. The molecule has 8 heteroatoms. The summed E-state index contributed by atoms with van der Waals surface area (Å²) < 4.78 is 5.09. The fraction of sp³-hybridized carbons (Fsp3) is 0.375. The van der Waals surface area contributed by atoms with Gasteiger partial charge >= 0.3 is 5.76 Å². The highest BCUT2D eigenvalue weighted by molar-refractivity contribution is 5.94. The number of amides is 2. The fourth-order valence-electron chi connectivity index (χ4n) is 4.68. The largest absolute Gasteiger partial charge is 0.417 e. The minimum atomic E-state index is -0.618. The highest BCUT2D eigenvalue weighted by Gasteiger charge is 2.52. The van der Waals surface area contributed by atoms with Crippen molar-refractivity contribution in [2.75, 3.05) is 19.6 Å². The number of fused-ring (bicyclic) bond motifs is 1. The van der Waals surface area contributed by atoms with Crippen molar-refractivity contribution in [3.8, 4) is 0 Å². The van der Waals surface area contributed by atoms with Gasteiger partial charge in [-0.15, -0.1) is 0 Å². The molecular formula is C24H26N4O4. The van der Waals surface area contributed by atoms with E-state index in [0.717, 1.165) is 49.9 Å². The van der Waals surface area contributed by atoms with Gasteiger partial charge in [0.25, 0.3) is 0 Å². The van der Waals surface area contributed by atoms with Crippen LogP contribution in [0.4, 0.5) is 0 Å². The molecular weight excluding hydrogens is 408 g/mol. The van der Waals surface area contributed by atoms with Gasteiger partial charge in [-0.1, -0.05) is 18.2 Å². The van der Waals surface area contributed by atoms with E-state index in [4.69, 9.17) is 10.2 Å². The number of nitrogens with one attached hydrogen (secondary N) is 2. The summed E-state index contributed by atoms with van der Waals surface area (Å²) in [6.45, 7) is 2.67. The number of aromatic amines is 1. The predicted octanol–water partition coefficient (Wildman–Crippen LogP) is 2.20. The number of carbonyl (C=O) groups excluding carboxylic acids is 2. The first-order valence-electron chi connectivity index (χ1n) is 11.0. The lowest BCUT2D eigenvalue weighted by atomic mass is 9.93. The molecule has 1 saturated carbocycles. The first kappa shape index (κ1) is 20.5. The molecule has 1 saturated heterocycles. The van der Waals surface area contributed by atoms with Crippen LogP contribution in [0.15, 0.2) is 51.7 Å². The summed E-state index contributed by atoms with van der Waals surface area (Å²) in [5.74, 6) is -1.04. The summed E-state index contributed by atoms with van der Waals surface area (Å²) in [5.41, 5.74) is 8.09. The van der Waals surface area contributed by atoms with Crippen molar-refractivity contribution >= 4 is 22.9 Å². The Balaban J connectivity index is 1.43. The van der Waals surface area contributed by atoms with E-state index in [0.29, 0.717) is 23.2 Å². The Bertz CT molecular complexity index is 1230. The molecule has 5 rings (SSSR count). The van der Waals surface area contributed by atoms with E-state index in [1.165, 1.54) is 0 Å². The molecule has 1 aliphatic carbocycles. The summed E-state index contributed by atoms with van der Waals surface area (Å²) in [6, 6.07) is 12.3. The molecule has 32 heavy (non-hydrogen) atoms. The summed E-state index contributed by atoms with van der Waals surface area (Å²) in [7, 11) is 0. The standard InChI is InChI=1S/C24H26N4O4/c25-21(29)16-5-3-4-15(12-16)19(14-28-10-1-2-11-28)26-22(30)24(8-9-24)17-6-7-20-18(13-17)27-23(31)32-20/h3-7,12-13,19H,1-2,8-11,14H2,(H2,25,29)(H,26,30)(H,27,31)/t19-/m1/s1. The van der Waals surface area contributed by atoms with Crippen molar-refractivity contribution in [3.63, 3.8) is 0 Å². The molecule has 0 radical (unpaired) electrons. The molecule has 2 amide bonds. The molecule has 8 nitrogen and oxygen atoms in total. The Morgan fingerprint density at radius 1 is 1.16 bits per heavy atom. The van der Waals surface area contributed by atoms with Crippen LogP contribution >= 0.6 is 0 Å². The van der Waals surface area contributed by atoms with Crippen LogP contribution < -0.4 is 16.8 Å². The smallest absolute Gasteiger partial charge is 0.408 e. The number of oxazole rings is 1. The van der Waals surface area contributed by atoms with E-state index < -0.39 is 17.1 Å². The quantitative estimate of drug-likeness (QED) is 0.526. The van der Waals surface area contributed by atoms with Crippen LogP contribution in [0.5, 0.6) is 0 Å². The number of rotatable bonds is 7. The minimum Gasteiger partial charge on any atom is -0.408 e. The number of aromatic nitrogens is 1. The van der Waals surface area contributed by atoms with Gasteiger partial charge in [-0.2, -0.15) is 0 Å². The van der Waals surface area contributed by atoms with E-state index in [2.05, 4.69) is 15.2 Å². The van der Waals surface area contributed by atoms with Crippen molar-refractivity contribution in [3.05, 3.63) is 69.7 Å². The summed E-state index contributed by atoms with van der Waals surface area (Å²) in [4.78, 5) is 41.7. The van der Waals surface area contributed by atoms with Gasteiger partial charge in [0.1, 0.15) is 0 Å². The molecule has 166 valence electrons. The van der Waals surface area contributed by atoms with Crippen molar-refractivity contribution in [1.82, 2.24) is 15.2 Å². The molecule has 2 aliphatic rings. The van der Waals surface area contributed by atoms with E-state index >= 15 is 0 Å². The Morgan fingerprint density at radius 3 is 2.66 bits per heavy atom. The molecule has 2 fully saturated rings. The second-order valence-corrected chi connectivity index (χ2v) is 8.83. The maximum Gasteiger partial charge on any atom is 0.417 e. The molecule has 3 aromatic rings. The van der Waals surface area contributed by atoms with Crippen LogP contribution in [0.25, 0.3) is 11.1 Å². The lowest BCUT2D eigenvalue weighted by molar-refractivity contribution is -0.124. The van der Waals surface area contributed by atoms with Crippen LogP contribution in [-0.4, -0.2) is 41.3 Å². The zero-order chi connectivity index (χ0) is 22.3. The molecule has 2 aromatic carbocycles. The number of nitrogens with zero attached hydrogens (tertiary/aromatic N) is 1. The number of benzene rings is 2. The number of hydrogen-bond acceptors (Lipinski definition) is 5. The first-order chi connectivity index (χ1) is 15.4. The van der Waals surface area contributed by atoms with Gasteiger partial charge in [-0.3, -0.25) is 14.6 Å². The van der Waals surface area contributed by atoms with E-state index in [1.54, 1.807) is 24.3 Å². The molecule has 0 unspecified atom stereocenters. The fourth-order valence-corrected chi connectivity index (χ4v) is 4.68. The first-order valence-corrected chi connectivity index (χ1v) is 11.0. The molecule has 0 spiro atoms. The Morgan fingerprint density at radius 2 is 1.94 bits per heavy atom. The van der Waals surface area contributed by atoms with Gasteiger partial charge in [0, 0.05) is 12.1 Å².